The molecule has 1 heterocycles. The fraction of sp³-hybridized carbons (Fsp3) is 0.692. The number of anilines is 1. The average molecular weight is 284 g/mol. The van der Waals surface area contributed by atoms with Gasteiger partial charge >= 0.3 is 0 Å². The molecule has 0 aliphatic rings. The van der Waals surface area contributed by atoms with Gasteiger partial charge in [0.2, 0.25) is 5.88 Å². The largest absolute Gasteiger partial charge is 0.475 e. The van der Waals surface area contributed by atoms with Crippen molar-refractivity contribution in [2.75, 3.05) is 39.0 Å². The molecule has 7 nitrogen and oxygen atoms in total. The van der Waals surface area contributed by atoms with E-state index >= 15 is 0 Å². The molecular weight excluding hydrogens is 260 g/mol. The SMILES string of the molecule is COCCCOCCOc1cc(NN)nc(C(C)C)n1. The maximum Gasteiger partial charge on any atom is 0.218 e. The van der Waals surface area contributed by atoms with Gasteiger partial charge in [-0.15, -0.1) is 0 Å². The van der Waals surface area contributed by atoms with E-state index in [9.17, 15) is 0 Å². The second-order valence-corrected chi connectivity index (χ2v) is 4.56. The number of aromatic nitrogens is 2. The van der Waals surface area contributed by atoms with Crippen molar-refractivity contribution in [2.24, 2.45) is 5.84 Å². The number of ether oxygens (including phenoxy) is 3. The highest BCUT2D eigenvalue weighted by molar-refractivity contribution is 5.37. The molecule has 20 heavy (non-hydrogen) atoms. The van der Waals surface area contributed by atoms with Gasteiger partial charge in [0.05, 0.1) is 6.61 Å². The molecule has 0 atom stereocenters. The molecule has 0 saturated heterocycles. The Kier molecular flexibility index (Phi) is 7.86. The third-order valence-corrected chi connectivity index (χ3v) is 2.50. The van der Waals surface area contributed by atoms with Crippen LogP contribution in [-0.4, -0.2) is 43.5 Å². The van der Waals surface area contributed by atoms with Crippen LogP contribution in [0.25, 0.3) is 0 Å². The Morgan fingerprint density at radius 3 is 2.65 bits per heavy atom. The van der Waals surface area contributed by atoms with Crippen molar-refractivity contribution >= 4 is 5.82 Å². The van der Waals surface area contributed by atoms with E-state index in [4.69, 9.17) is 20.1 Å². The molecule has 1 aromatic rings. The molecule has 1 rings (SSSR count). The maximum atomic E-state index is 5.54. The van der Waals surface area contributed by atoms with Crippen LogP contribution in [0.1, 0.15) is 32.0 Å². The molecule has 0 radical (unpaired) electrons. The van der Waals surface area contributed by atoms with Gasteiger partial charge in [-0.2, -0.15) is 4.98 Å². The minimum atomic E-state index is 0.205. The minimum Gasteiger partial charge on any atom is -0.475 e. The smallest absolute Gasteiger partial charge is 0.218 e. The number of rotatable bonds is 10. The second-order valence-electron chi connectivity index (χ2n) is 4.56. The van der Waals surface area contributed by atoms with Crippen LogP contribution in [0.15, 0.2) is 6.07 Å². The molecule has 0 bridgehead atoms. The summed E-state index contributed by atoms with van der Waals surface area (Å²) in [6, 6.07) is 1.66. The van der Waals surface area contributed by atoms with Gasteiger partial charge in [0.1, 0.15) is 18.2 Å². The average Bonchev–Trinajstić information content (AvgIpc) is 2.46. The molecule has 0 amide bonds. The van der Waals surface area contributed by atoms with Crippen LogP contribution in [-0.2, 0) is 9.47 Å². The van der Waals surface area contributed by atoms with E-state index in [1.54, 1.807) is 13.2 Å². The van der Waals surface area contributed by atoms with E-state index in [0.717, 1.165) is 6.42 Å². The zero-order valence-corrected chi connectivity index (χ0v) is 12.4. The van der Waals surface area contributed by atoms with Gasteiger partial charge < -0.3 is 19.6 Å². The first-order valence-electron chi connectivity index (χ1n) is 6.72. The molecule has 0 spiro atoms. The normalized spacial score (nSPS) is 10.8. The minimum absolute atomic E-state index is 0.205. The standard InChI is InChI=1S/C13H24N4O3/c1-10(2)13-15-11(17-14)9-12(16-13)20-8-7-19-6-4-5-18-3/h9-10H,4-8,14H2,1-3H3,(H,15,16,17). The van der Waals surface area contributed by atoms with E-state index in [-0.39, 0.29) is 5.92 Å². The van der Waals surface area contributed by atoms with Gasteiger partial charge in [0.25, 0.3) is 0 Å². The summed E-state index contributed by atoms with van der Waals surface area (Å²) >= 11 is 0. The molecule has 0 fully saturated rings. The number of nitrogens with one attached hydrogen (secondary N) is 1. The van der Waals surface area contributed by atoms with Crippen LogP contribution in [0.3, 0.4) is 0 Å². The first-order valence-corrected chi connectivity index (χ1v) is 6.72. The van der Waals surface area contributed by atoms with Gasteiger partial charge in [0.15, 0.2) is 0 Å². The van der Waals surface area contributed by atoms with Crippen LogP contribution in [0, 0.1) is 0 Å². The van der Waals surface area contributed by atoms with E-state index in [1.807, 2.05) is 13.8 Å². The van der Waals surface area contributed by atoms with Gasteiger partial charge in [-0.25, -0.2) is 10.8 Å². The van der Waals surface area contributed by atoms with Crippen LogP contribution in [0.4, 0.5) is 5.82 Å². The monoisotopic (exact) mass is 284 g/mol. The third-order valence-electron chi connectivity index (χ3n) is 2.50. The molecule has 114 valence electrons. The van der Waals surface area contributed by atoms with Crippen molar-refractivity contribution in [2.45, 2.75) is 26.2 Å². The second kappa shape index (κ2) is 9.46. The summed E-state index contributed by atoms with van der Waals surface area (Å²) in [6.07, 6.45) is 0.878. The predicted octanol–water partition coefficient (Wildman–Crippen LogP) is 1.32. The molecule has 7 heteroatoms. The van der Waals surface area contributed by atoms with Crippen LogP contribution in [0.2, 0.25) is 0 Å². The Hall–Kier alpha value is -1.44. The summed E-state index contributed by atoms with van der Waals surface area (Å²) in [5, 5.41) is 0. The lowest BCUT2D eigenvalue weighted by atomic mass is 10.2. The number of nitrogens with zero attached hydrogens (tertiary/aromatic N) is 2. The van der Waals surface area contributed by atoms with E-state index in [2.05, 4.69) is 15.4 Å². The first kappa shape index (κ1) is 16.6. The Morgan fingerprint density at radius 1 is 1.20 bits per heavy atom. The summed E-state index contributed by atoms with van der Waals surface area (Å²) in [4.78, 5) is 8.58. The highest BCUT2D eigenvalue weighted by Gasteiger charge is 2.08. The molecule has 0 saturated carbocycles. The highest BCUT2D eigenvalue weighted by atomic mass is 16.5. The number of methoxy groups -OCH3 is 1. The van der Waals surface area contributed by atoms with Gasteiger partial charge in [-0.05, 0) is 6.42 Å². The number of hydrazine groups is 1. The number of nitrogen functional groups attached to an aromatic ring is 1. The zero-order valence-electron chi connectivity index (χ0n) is 12.4. The fourth-order valence-electron chi connectivity index (χ4n) is 1.46. The lowest BCUT2D eigenvalue weighted by Crippen LogP contribution is -2.13. The summed E-state index contributed by atoms with van der Waals surface area (Å²) in [5.74, 6) is 7.31. The van der Waals surface area contributed by atoms with E-state index in [0.29, 0.717) is 43.9 Å². The van der Waals surface area contributed by atoms with Crippen molar-refractivity contribution in [1.82, 2.24) is 9.97 Å². The lowest BCUT2D eigenvalue weighted by molar-refractivity contribution is 0.0794. The highest BCUT2D eigenvalue weighted by Crippen LogP contribution is 2.17. The van der Waals surface area contributed by atoms with Crippen molar-refractivity contribution < 1.29 is 14.2 Å². The number of hydrogen-bond acceptors (Lipinski definition) is 7. The third kappa shape index (κ3) is 6.14. The summed E-state index contributed by atoms with van der Waals surface area (Å²) < 4.78 is 15.9. The molecule has 0 aliphatic carbocycles. The predicted molar refractivity (Wildman–Crippen MR) is 76.7 cm³/mol. The topological polar surface area (TPSA) is 91.5 Å². The summed E-state index contributed by atoms with van der Waals surface area (Å²) in [5.41, 5.74) is 2.51. The molecule has 0 unspecified atom stereocenters. The summed E-state index contributed by atoms with van der Waals surface area (Å²) in [7, 11) is 1.67. The Labute approximate surface area is 119 Å². The quantitative estimate of drug-likeness (QED) is 0.380. The van der Waals surface area contributed by atoms with Crippen molar-refractivity contribution in [3.8, 4) is 5.88 Å². The molecule has 3 N–H and O–H groups in total. The van der Waals surface area contributed by atoms with E-state index in [1.165, 1.54) is 0 Å². The number of hydrogen-bond donors (Lipinski definition) is 2. The zero-order chi connectivity index (χ0) is 14.8. The Bertz CT molecular complexity index is 388. The first-order chi connectivity index (χ1) is 9.67. The molecule has 0 aliphatic heterocycles. The molecule has 0 aromatic carbocycles. The molecule has 1 aromatic heterocycles. The van der Waals surface area contributed by atoms with Crippen molar-refractivity contribution in [3.05, 3.63) is 11.9 Å². The van der Waals surface area contributed by atoms with Crippen LogP contribution < -0.4 is 16.0 Å². The van der Waals surface area contributed by atoms with Gasteiger partial charge in [-0.1, -0.05) is 13.8 Å². The van der Waals surface area contributed by atoms with Crippen molar-refractivity contribution in [3.63, 3.8) is 0 Å². The van der Waals surface area contributed by atoms with Crippen LogP contribution >= 0.6 is 0 Å². The van der Waals surface area contributed by atoms with Crippen molar-refractivity contribution in [1.29, 1.82) is 0 Å². The number of nitrogens with two attached hydrogens (primary N) is 1. The van der Waals surface area contributed by atoms with Gasteiger partial charge in [-0.3, -0.25) is 0 Å². The summed E-state index contributed by atoms with van der Waals surface area (Å²) in [6.45, 7) is 6.34. The van der Waals surface area contributed by atoms with E-state index < -0.39 is 0 Å². The molecular formula is C13H24N4O3. The lowest BCUT2D eigenvalue weighted by Gasteiger charge is -2.11. The fourth-order valence-corrected chi connectivity index (χ4v) is 1.46. The Balaban J connectivity index is 2.37. The maximum absolute atomic E-state index is 5.54. The van der Waals surface area contributed by atoms with Gasteiger partial charge in [0, 0.05) is 32.3 Å². The Morgan fingerprint density at radius 2 is 2.00 bits per heavy atom. The van der Waals surface area contributed by atoms with Crippen LogP contribution in [0.5, 0.6) is 5.88 Å².